The van der Waals surface area contributed by atoms with Crippen molar-refractivity contribution in [1.82, 2.24) is 0 Å². The molecule has 3 nitrogen and oxygen atoms in total. The van der Waals surface area contributed by atoms with Gasteiger partial charge in [-0.2, -0.15) is 0 Å². The van der Waals surface area contributed by atoms with Crippen LogP contribution in [0.1, 0.15) is 63.3 Å². The SMILES string of the molecule is CCc1ccc(C(N)CC(C)(C)CC(N)=O)cc1CC. The summed E-state index contributed by atoms with van der Waals surface area (Å²) < 4.78 is 0. The summed E-state index contributed by atoms with van der Waals surface area (Å²) >= 11 is 0. The van der Waals surface area contributed by atoms with E-state index in [4.69, 9.17) is 11.5 Å². The Hall–Kier alpha value is -1.35. The van der Waals surface area contributed by atoms with E-state index in [-0.39, 0.29) is 17.4 Å². The molecule has 1 unspecified atom stereocenters. The van der Waals surface area contributed by atoms with Crippen LogP contribution in [0.2, 0.25) is 0 Å². The average molecular weight is 276 g/mol. The van der Waals surface area contributed by atoms with E-state index < -0.39 is 0 Å². The fraction of sp³-hybridized carbons (Fsp3) is 0.588. The molecule has 1 amide bonds. The minimum atomic E-state index is -0.266. The van der Waals surface area contributed by atoms with Gasteiger partial charge in [0, 0.05) is 12.5 Å². The maximum atomic E-state index is 11.1. The molecule has 1 rings (SSSR count). The molecule has 3 heteroatoms. The minimum absolute atomic E-state index is 0.0550. The third-order valence-electron chi connectivity index (χ3n) is 3.85. The standard InChI is InChI=1S/C17H28N2O/c1-5-12-7-8-14(9-13(12)6-2)15(18)10-17(3,4)11-16(19)20/h7-9,15H,5-6,10-11,18H2,1-4H3,(H2,19,20). The zero-order chi connectivity index (χ0) is 15.3. The van der Waals surface area contributed by atoms with E-state index in [1.54, 1.807) is 0 Å². The highest BCUT2D eigenvalue weighted by molar-refractivity contribution is 5.74. The van der Waals surface area contributed by atoms with E-state index in [0.717, 1.165) is 24.8 Å². The average Bonchev–Trinajstić information content (AvgIpc) is 2.35. The molecule has 0 radical (unpaired) electrons. The van der Waals surface area contributed by atoms with Crippen LogP contribution in [0.3, 0.4) is 0 Å². The molecule has 0 aromatic heterocycles. The van der Waals surface area contributed by atoms with E-state index in [1.807, 2.05) is 13.8 Å². The quantitative estimate of drug-likeness (QED) is 0.803. The zero-order valence-corrected chi connectivity index (χ0v) is 13.2. The lowest BCUT2D eigenvalue weighted by Gasteiger charge is -2.27. The fourth-order valence-corrected chi connectivity index (χ4v) is 2.81. The normalized spacial score (nSPS) is 13.2. The Morgan fingerprint density at radius 2 is 1.80 bits per heavy atom. The van der Waals surface area contributed by atoms with Crippen LogP contribution in [0.4, 0.5) is 0 Å². The van der Waals surface area contributed by atoms with Crippen LogP contribution in [0.25, 0.3) is 0 Å². The first-order valence-corrected chi connectivity index (χ1v) is 7.44. The molecule has 0 aliphatic carbocycles. The molecule has 0 spiro atoms. The van der Waals surface area contributed by atoms with Gasteiger partial charge in [0.1, 0.15) is 0 Å². The second-order valence-electron chi connectivity index (χ2n) is 6.35. The van der Waals surface area contributed by atoms with E-state index in [2.05, 4.69) is 32.0 Å². The largest absolute Gasteiger partial charge is 0.370 e. The summed E-state index contributed by atoms with van der Waals surface area (Å²) in [5.41, 5.74) is 15.4. The smallest absolute Gasteiger partial charge is 0.217 e. The Bertz CT molecular complexity index is 466. The molecule has 4 N–H and O–H groups in total. The van der Waals surface area contributed by atoms with Crippen molar-refractivity contribution in [3.8, 4) is 0 Å². The fourth-order valence-electron chi connectivity index (χ4n) is 2.81. The third-order valence-corrected chi connectivity index (χ3v) is 3.85. The Labute approximate surface area is 122 Å². The molecule has 112 valence electrons. The number of carbonyl (C=O) groups is 1. The lowest BCUT2D eigenvalue weighted by molar-refractivity contribution is -0.120. The van der Waals surface area contributed by atoms with Crippen LogP contribution in [0.5, 0.6) is 0 Å². The second kappa shape index (κ2) is 6.89. The molecule has 20 heavy (non-hydrogen) atoms. The summed E-state index contributed by atoms with van der Waals surface area (Å²) in [6, 6.07) is 6.45. The molecule has 1 atom stereocenters. The molecule has 0 bridgehead atoms. The van der Waals surface area contributed by atoms with E-state index in [9.17, 15) is 4.79 Å². The monoisotopic (exact) mass is 276 g/mol. The Morgan fingerprint density at radius 3 is 2.30 bits per heavy atom. The Balaban J connectivity index is 2.87. The topological polar surface area (TPSA) is 69.1 Å². The Kier molecular flexibility index (Phi) is 5.75. The van der Waals surface area contributed by atoms with Crippen molar-refractivity contribution in [2.45, 2.75) is 59.4 Å². The zero-order valence-electron chi connectivity index (χ0n) is 13.2. The number of hydrogen-bond acceptors (Lipinski definition) is 2. The lowest BCUT2D eigenvalue weighted by Crippen LogP contribution is -2.27. The van der Waals surface area contributed by atoms with Crippen LogP contribution in [0.15, 0.2) is 18.2 Å². The minimum Gasteiger partial charge on any atom is -0.370 e. The first-order chi connectivity index (χ1) is 9.29. The molecule has 1 aromatic carbocycles. The summed E-state index contributed by atoms with van der Waals surface area (Å²) in [5, 5.41) is 0. The van der Waals surface area contributed by atoms with Gasteiger partial charge < -0.3 is 11.5 Å². The third kappa shape index (κ3) is 4.64. The highest BCUT2D eigenvalue weighted by Gasteiger charge is 2.24. The summed E-state index contributed by atoms with van der Waals surface area (Å²) in [5.74, 6) is -0.266. The van der Waals surface area contributed by atoms with E-state index in [0.29, 0.717) is 6.42 Å². The van der Waals surface area contributed by atoms with Crippen LogP contribution in [-0.4, -0.2) is 5.91 Å². The van der Waals surface area contributed by atoms with Gasteiger partial charge in [-0.1, -0.05) is 45.9 Å². The highest BCUT2D eigenvalue weighted by atomic mass is 16.1. The number of rotatable bonds is 7. The number of hydrogen-bond donors (Lipinski definition) is 2. The van der Waals surface area contributed by atoms with Crippen LogP contribution >= 0.6 is 0 Å². The van der Waals surface area contributed by atoms with Crippen LogP contribution in [-0.2, 0) is 17.6 Å². The van der Waals surface area contributed by atoms with Crippen molar-refractivity contribution in [1.29, 1.82) is 0 Å². The van der Waals surface area contributed by atoms with Gasteiger partial charge in [0.25, 0.3) is 0 Å². The van der Waals surface area contributed by atoms with Crippen molar-refractivity contribution >= 4 is 5.91 Å². The van der Waals surface area contributed by atoms with Gasteiger partial charge in [0.15, 0.2) is 0 Å². The molecule has 0 saturated heterocycles. The van der Waals surface area contributed by atoms with E-state index >= 15 is 0 Å². The Morgan fingerprint density at radius 1 is 1.20 bits per heavy atom. The van der Waals surface area contributed by atoms with Gasteiger partial charge in [-0.05, 0) is 41.4 Å². The predicted molar refractivity (Wildman–Crippen MR) is 84.3 cm³/mol. The second-order valence-corrected chi connectivity index (χ2v) is 6.35. The molecule has 0 heterocycles. The molecule has 0 aliphatic heterocycles. The maximum absolute atomic E-state index is 11.1. The van der Waals surface area contributed by atoms with E-state index in [1.165, 1.54) is 11.1 Å². The van der Waals surface area contributed by atoms with Crippen molar-refractivity contribution in [3.63, 3.8) is 0 Å². The van der Waals surface area contributed by atoms with Crippen LogP contribution < -0.4 is 11.5 Å². The molecular weight excluding hydrogens is 248 g/mol. The number of primary amides is 1. The van der Waals surface area contributed by atoms with Gasteiger partial charge >= 0.3 is 0 Å². The summed E-state index contributed by atoms with van der Waals surface area (Å²) in [7, 11) is 0. The molecule has 0 fully saturated rings. The first kappa shape index (κ1) is 16.7. The predicted octanol–water partition coefficient (Wildman–Crippen LogP) is 3.10. The van der Waals surface area contributed by atoms with Gasteiger partial charge in [0.05, 0.1) is 0 Å². The van der Waals surface area contributed by atoms with Crippen molar-refractivity contribution in [3.05, 3.63) is 34.9 Å². The highest BCUT2D eigenvalue weighted by Crippen LogP contribution is 2.32. The van der Waals surface area contributed by atoms with Gasteiger partial charge in [-0.15, -0.1) is 0 Å². The molecule has 1 aromatic rings. The summed E-state index contributed by atoms with van der Waals surface area (Å²) in [6.45, 7) is 8.42. The molecule has 0 saturated carbocycles. The van der Waals surface area contributed by atoms with Crippen molar-refractivity contribution < 1.29 is 4.79 Å². The number of carbonyl (C=O) groups excluding carboxylic acids is 1. The van der Waals surface area contributed by atoms with Gasteiger partial charge in [0.2, 0.25) is 5.91 Å². The first-order valence-electron chi connectivity index (χ1n) is 7.44. The van der Waals surface area contributed by atoms with Crippen molar-refractivity contribution in [2.24, 2.45) is 16.9 Å². The van der Waals surface area contributed by atoms with Crippen LogP contribution in [0, 0.1) is 5.41 Å². The van der Waals surface area contributed by atoms with Gasteiger partial charge in [-0.3, -0.25) is 4.79 Å². The molecule has 0 aliphatic rings. The van der Waals surface area contributed by atoms with Gasteiger partial charge in [-0.25, -0.2) is 0 Å². The maximum Gasteiger partial charge on any atom is 0.217 e. The summed E-state index contributed by atoms with van der Waals surface area (Å²) in [4.78, 5) is 11.1. The number of benzene rings is 1. The lowest BCUT2D eigenvalue weighted by atomic mass is 9.80. The molecular formula is C17H28N2O. The summed E-state index contributed by atoms with van der Waals surface area (Å²) in [6.07, 6.45) is 3.19. The van der Waals surface area contributed by atoms with Crippen molar-refractivity contribution in [2.75, 3.05) is 0 Å². The number of aryl methyl sites for hydroxylation is 2. The number of nitrogens with two attached hydrogens (primary N) is 2. The number of amides is 1.